The van der Waals surface area contributed by atoms with Crippen molar-refractivity contribution >= 4 is 17.2 Å². The third-order valence-corrected chi connectivity index (χ3v) is 5.63. The van der Waals surface area contributed by atoms with Crippen LogP contribution in [0, 0.1) is 0 Å². The van der Waals surface area contributed by atoms with E-state index in [4.69, 9.17) is 14.2 Å². The van der Waals surface area contributed by atoms with Crippen molar-refractivity contribution < 1.29 is 19.0 Å². The maximum atomic E-state index is 13.3. The van der Waals surface area contributed by atoms with Gasteiger partial charge in [0.2, 0.25) is 6.10 Å². The summed E-state index contributed by atoms with van der Waals surface area (Å²) in [5.74, 6) is 1.26. The minimum atomic E-state index is -0.647. The van der Waals surface area contributed by atoms with Crippen LogP contribution >= 0.6 is 11.3 Å². The predicted octanol–water partition coefficient (Wildman–Crippen LogP) is 3.48. The number of para-hydroxylation sites is 2. The Labute approximate surface area is 157 Å². The third-order valence-electron chi connectivity index (χ3n) is 4.77. The van der Waals surface area contributed by atoms with Crippen LogP contribution in [0.1, 0.15) is 24.6 Å². The number of fused-ring (bicyclic) bond motifs is 1. The van der Waals surface area contributed by atoms with Gasteiger partial charge in [0.25, 0.3) is 5.91 Å². The number of carbonyl (C=O) groups excluding carboxylic acids is 1. The Balaban J connectivity index is 1.53. The zero-order chi connectivity index (χ0) is 17.9. The fourth-order valence-corrected chi connectivity index (χ4v) is 4.15. The predicted molar refractivity (Wildman–Crippen MR) is 99.7 cm³/mol. The SMILES string of the molecule is CC1Oc2ccccc2OC1C(=O)N(Cc1cccs1)CC1CCCO1. The van der Waals surface area contributed by atoms with Gasteiger partial charge in [-0.05, 0) is 43.3 Å². The smallest absolute Gasteiger partial charge is 0.267 e. The van der Waals surface area contributed by atoms with E-state index in [9.17, 15) is 4.79 Å². The number of thiophene rings is 1. The van der Waals surface area contributed by atoms with Crippen LogP contribution in [-0.4, -0.2) is 42.3 Å². The van der Waals surface area contributed by atoms with Crippen molar-refractivity contribution in [1.82, 2.24) is 4.90 Å². The zero-order valence-electron chi connectivity index (χ0n) is 14.8. The monoisotopic (exact) mass is 373 g/mol. The molecule has 5 nitrogen and oxygen atoms in total. The van der Waals surface area contributed by atoms with Gasteiger partial charge in [0, 0.05) is 18.0 Å². The lowest BCUT2D eigenvalue weighted by Crippen LogP contribution is -2.51. The Morgan fingerprint density at radius 2 is 2.00 bits per heavy atom. The van der Waals surface area contributed by atoms with Gasteiger partial charge in [-0.25, -0.2) is 0 Å². The van der Waals surface area contributed by atoms with E-state index in [-0.39, 0.29) is 18.1 Å². The molecular formula is C20H23NO4S. The molecule has 1 aromatic carbocycles. The maximum absolute atomic E-state index is 13.3. The molecule has 6 heteroatoms. The van der Waals surface area contributed by atoms with Crippen LogP contribution in [0.3, 0.4) is 0 Å². The second-order valence-corrected chi connectivity index (χ2v) is 7.77. The van der Waals surface area contributed by atoms with Crippen LogP contribution in [-0.2, 0) is 16.1 Å². The molecule has 1 saturated heterocycles. The van der Waals surface area contributed by atoms with Gasteiger partial charge >= 0.3 is 0 Å². The quantitative estimate of drug-likeness (QED) is 0.805. The molecule has 1 fully saturated rings. The lowest BCUT2D eigenvalue weighted by atomic mass is 10.1. The van der Waals surface area contributed by atoms with E-state index in [0.717, 1.165) is 24.3 Å². The number of ether oxygens (including phenoxy) is 3. The van der Waals surface area contributed by atoms with Crippen LogP contribution in [0.2, 0.25) is 0 Å². The summed E-state index contributed by atoms with van der Waals surface area (Å²) >= 11 is 1.66. The van der Waals surface area contributed by atoms with Gasteiger partial charge in [-0.3, -0.25) is 4.79 Å². The molecule has 0 bridgehead atoms. The van der Waals surface area contributed by atoms with E-state index < -0.39 is 6.10 Å². The molecule has 3 atom stereocenters. The van der Waals surface area contributed by atoms with Crippen molar-refractivity contribution in [2.24, 2.45) is 0 Å². The lowest BCUT2D eigenvalue weighted by Gasteiger charge is -2.35. The van der Waals surface area contributed by atoms with Crippen molar-refractivity contribution in [2.75, 3.05) is 13.2 Å². The van der Waals surface area contributed by atoms with Crippen molar-refractivity contribution in [3.8, 4) is 11.5 Å². The van der Waals surface area contributed by atoms with Gasteiger partial charge in [-0.2, -0.15) is 0 Å². The van der Waals surface area contributed by atoms with Gasteiger partial charge in [-0.1, -0.05) is 18.2 Å². The number of nitrogens with zero attached hydrogens (tertiary/aromatic N) is 1. The minimum absolute atomic E-state index is 0.0455. The second-order valence-electron chi connectivity index (χ2n) is 6.74. The van der Waals surface area contributed by atoms with Crippen LogP contribution in [0.4, 0.5) is 0 Å². The van der Waals surface area contributed by atoms with Crippen molar-refractivity contribution in [2.45, 2.75) is 44.6 Å². The standard InChI is InChI=1S/C20H23NO4S/c1-14-19(25-18-9-3-2-8-17(18)24-14)20(22)21(12-15-6-4-10-23-15)13-16-7-5-11-26-16/h2-3,5,7-9,11,14-15,19H,4,6,10,12-13H2,1H3. The van der Waals surface area contributed by atoms with Crippen molar-refractivity contribution in [3.63, 3.8) is 0 Å². The lowest BCUT2D eigenvalue weighted by molar-refractivity contribution is -0.146. The highest BCUT2D eigenvalue weighted by Crippen LogP contribution is 2.34. The molecule has 0 radical (unpaired) electrons. The molecule has 26 heavy (non-hydrogen) atoms. The summed E-state index contributed by atoms with van der Waals surface area (Å²) in [7, 11) is 0. The summed E-state index contributed by atoms with van der Waals surface area (Å²) in [5, 5.41) is 2.03. The van der Waals surface area contributed by atoms with E-state index in [1.54, 1.807) is 11.3 Å². The summed E-state index contributed by atoms with van der Waals surface area (Å²) in [5.41, 5.74) is 0. The van der Waals surface area contributed by atoms with Crippen LogP contribution in [0.15, 0.2) is 41.8 Å². The summed E-state index contributed by atoms with van der Waals surface area (Å²) in [6, 6.07) is 11.5. The first-order valence-electron chi connectivity index (χ1n) is 9.06. The molecule has 0 aliphatic carbocycles. The van der Waals surface area contributed by atoms with Crippen molar-refractivity contribution in [3.05, 3.63) is 46.7 Å². The van der Waals surface area contributed by atoms with Gasteiger partial charge in [0.1, 0.15) is 6.10 Å². The summed E-state index contributed by atoms with van der Waals surface area (Å²) < 4.78 is 17.7. The number of amides is 1. The second kappa shape index (κ2) is 7.68. The molecule has 138 valence electrons. The first kappa shape index (κ1) is 17.4. The van der Waals surface area contributed by atoms with E-state index in [1.165, 1.54) is 0 Å². The topological polar surface area (TPSA) is 48.0 Å². The van der Waals surface area contributed by atoms with Gasteiger partial charge in [-0.15, -0.1) is 11.3 Å². The van der Waals surface area contributed by atoms with Gasteiger partial charge < -0.3 is 19.1 Å². The fourth-order valence-electron chi connectivity index (χ4n) is 3.43. The van der Waals surface area contributed by atoms with E-state index in [2.05, 4.69) is 6.07 Å². The molecule has 1 aromatic heterocycles. The Bertz CT molecular complexity index is 742. The highest BCUT2D eigenvalue weighted by atomic mass is 32.1. The number of rotatable bonds is 5. The molecule has 3 heterocycles. The minimum Gasteiger partial charge on any atom is -0.482 e. The Morgan fingerprint density at radius 3 is 2.69 bits per heavy atom. The van der Waals surface area contributed by atoms with E-state index >= 15 is 0 Å². The average molecular weight is 373 g/mol. The molecule has 0 spiro atoms. The Morgan fingerprint density at radius 1 is 1.19 bits per heavy atom. The van der Waals surface area contributed by atoms with E-state index in [1.807, 2.05) is 47.5 Å². The summed E-state index contributed by atoms with van der Waals surface area (Å²) in [6.07, 6.45) is 1.16. The van der Waals surface area contributed by atoms with Crippen LogP contribution in [0.5, 0.6) is 11.5 Å². The maximum Gasteiger partial charge on any atom is 0.267 e. The number of carbonyl (C=O) groups is 1. The van der Waals surface area contributed by atoms with E-state index in [0.29, 0.717) is 24.6 Å². The van der Waals surface area contributed by atoms with Crippen LogP contribution in [0.25, 0.3) is 0 Å². The number of benzene rings is 1. The van der Waals surface area contributed by atoms with Gasteiger partial charge in [0.05, 0.1) is 12.6 Å². The highest BCUT2D eigenvalue weighted by molar-refractivity contribution is 7.09. The molecule has 4 rings (SSSR count). The fraction of sp³-hybridized carbons (Fsp3) is 0.450. The molecular weight excluding hydrogens is 350 g/mol. The van der Waals surface area contributed by atoms with Crippen molar-refractivity contribution in [1.29, 1.82) is 0 Å². The Kier molecular flexibility index (Phi) is 5.13. The van der Waals surface area contributed by atoms with Crippen LogP contribution < -0.4 is 9.47 Å². The normalized spacial score (nSPS) is 24.4. The molecule has 3 unspecified atom stereocenters. The number of hydrogen-bond acceptors (Lipinski definition) is 5. The molecule has 0 N–H and O–H groups in total. The molecule has 1 amide bonds. The third kappa shape index (κ3) is 3.71. The largest absolute Gasteiger partial charge is 0.482 e. The zero-order valence-corrected chi connectivity index (χ0v) is 15.6. The molecule has 2 aliphatic heterocycles. The molecule has 0 saturated carbocycles. The summed E-state index contributed by atoms with van der Waals surface area (Å²) in [4.78, 5) is 16.3. The molecule has 2 aliphatic rings. The average Bonchev–Trinajstić information content (AvgIpc) is 3.34. The number of hydrogen-bond donors (Lipinski definition) is 0. The summed E-state index contributed by atoms with van der Waals surface area (Å²) in [6.45, 7) is 3.82. The molecule has 2 aromatic rings. The Hall–Kier alpha value is -2.05. The first-order valence-corrected chi connectivity index (χ1v) is 9.94. The van der Waals surface area contributed by atoms with Gasteiger partial charge in [0.15, 0.2) is 11.5 Å². The highest BCUT2D eigenvalue weighted by Gasteiger charge is 2.37. The first-order chi connectivity index (χ1) is 12.7.